The van der Waals surface area contributed by atoms with E-state index in [4.69, 9.17) is 27.9 Å². The first kappa shape index (κ1) is 17.6. The van der Waals surface area contributed by atoms with Gasteiger partial charge in [0.05, 0.1) is 18.7 Å². The molecule has 0 fully saturated rings. The van der Waals surface area contributed by atoms with Crippen LogP contribution >= 0.6 is 23.2 Å². The van der Waals surface area contributed by atoms with Crippen LogP contribution in [0.15, 0.2) is 42.5 Å². The molecule has 0 radical (unpaired) electrons. The summed E-state index contributed by atoms with van der Waals surface area (Å²) >= 11 is 12.0. The fourth-order valence-corrected chi connectivity index (χ4v) is 2.55. The van der Waals surface area contributed by atoms with Crippen molar-refractivity contribution in [2.75, 3.05) is 19.0 Å². The highest BCUT2D eigenvalue weighted by Gasteiger charge is 2.09. The number of anilines is 1. The maximum Gasteiger partial charge on any atom is 0.238 e. The van der Waals surface area contributed by atoms with E-state index in [9.17, 15) is 4.79 Å². The molecular weight excluding hydrogens is 335 g/mol. The van der Waals surface area contributed by atoms with Gasteiger partial charge in [-0.15, -0.1) is 0 Å². The van der Waals surface area contributed by atoms with E-state index in [-0.39, 0.29) is 18.5 Å². The molecule has 2 aromatic carbocycles. The van der Waals surface area contributed by atoms with Crippen molar-refractivity contribution in [2.45, 2.75) is 13.0 Å². The fraction of sp³-hybridized carbons (Fsp3) is 0.235. The molecule has 1 amide bonds. The van der Waals surface area contributed by atoms with Crippen LogP contribution in [0, 0.1) is 0 Å². The van der Waals surface area contributed by atoms with Crippen molar-refractivity contribution >= 4 is 34.8 Å². The molecule has 0 heterocycles. The van der Waals surface area contributed by atoms with Crippen LogP contribution in [-0.2, 0) is 4.79 Å². The SMILES string of the molecule is COc1ccc(NC(=O)CN[C@@H](C)c2cccc(Cl)c2)cc1Cl. The number of rotatable bonds is 6. The Balaban J connectivity index is 1.88. The van der Waals surface area contributed by atoms with Gasteiger partial charge in [-0.1, -0.05) is 35.3 Å². The summed E-state index contributed by atoms with van der Waals surface area (Å²) in [6, 6.07) is 12.7. The number of amides is 1. The molecule has 6 heteroatoms. The molecule has 0 aliphatic rings. The van der Waals surface area contributed by atoms with Gasteiger partial charge in [-0.3, -0.25) is 4.79 Å². The third-order valence-electron chi connectivity index (χ3n) is 3.35. The first-order valence-electron chi connectivity index (χ1n) is 7.12. The van der Waals surface area contributed by atoms with Crippen molar-refractivity contribution in [3.8, 4) is 5.75 Å². The predicted octanol–water partition coefficient (Wildman–Crippen LogP) is 4.29. The van der Waals surface area contributed by atoms with Gasteiger partial charge in [0.2, 0.25) is 5.91 Å². The fourth-order valence-electron chi connectivity index (χ4n) is 2.09. The van der Waals surface area contributed by atoms with Gasteiger partial charge in [0, 0.05) is 16.8 Å². The molecule has 0 bridgehead atoms. The molecule has 2 aromatic rings. The third-order valence-corrected chi connectivity index (χ3v) is 3.88. The molecule has 2 N–H and O–H groups in total. The van der Waals surface area contributed by atoms with E-state index >= 15 is 0 Å². The first-order chi connectivity index (χ1) is 11.0. The van der Waals surface area contributed by atoms with Gasteiger partial charge in [0.1, 0.15) is 5.75 Å². The molecule has 0 saturated carbocycles. The van der Waals surface area contributed by atoms with Crippen LogP contribution in [0.1, 0.15) is 18.5 Å². The van der Waals surface area contributed by atoms with Gasteiger partial charge < -0.3 is 15.4 Å². The Kier molecular flexibility index (Phi) is 6.28. The van der Waals surface area contributed by atoms with E-state index in [2.05, 4.69) is 10.6 Å². The third kappa shape index (κ3) is 5.13. The van der Waals surface area contributed by atoms with Crippen LogP contribution in [0.4, 0.5) is 5.69 Å². The zero-order chi connectivity index (χ0) is 16.8. The van der Waals surface area contributed by atoms with Crippen molar-refractivity contribution in [2.24, 2.45) is 0 Å². The Morgan fingerprint density at radius 3 is 2.65 bits per heavy atom. The largest absolute Gasteiger partial charge is 0.495 e. The van der Waals surface area contributed by atoms with Crippen LogP contribution < -0.4 is 15.4 Å². The Labute approximate surface area is 145 Å². The number of carbonyl (C=O) groups excluding carboxylic acids is 1. The number of nitrogens with one attached hydrogen (secondary N) is 2. The topological polar surface area (TPSA) is 50.4 Å². The van der Waals surface area contributed by atoms with Crippen LogP contribution in [0.2, 0.25) is 10.0 Å². The second-order valence-electron chi connectivity index (χ2n) is 5.06. The molecular formula is C17H18Cl2N2O2. The first-order valence-corrected chi connectivity index (χ1v) is 7.87. The van der Waals surface area contributed by atoms with Crippen LogP contribution in [0.25, 0.3) is 0 Å². The molecule has 1 atom stereocenters. The summed E-state index contributed by atoms with van der Waals surface area (Å²) in [7, 11) is 1.54. The van der Waals surface area contributed by atoms with Gasteiger partial charge in [-0.2, -0.15) is 0 Å². The highest BCUT2D eigenvalue weighted by Crippen LogP contribution is 2.27. The van der Waals surface area contributed by atoms with E-state index in [1.54, 1.807) is 25.3 Å². The highest BCUT2D eigenvalue weighted by molar-refractivity contribution is 6.32. The lowest BCUT2D eigenvalue weighted by Gasteiger charge is -2.14. The van der Waals surface area contributed by atoms with Gasteiger partial charge in [-0.05, 0) is 42.8 Å². The summed E-state index contributed by atoms with van der Waals surface area (Å²) in [5.41, 5.74) is 1.65. The minimum absolute atomic E-state index is 0.0129. The Bertz CT molecular complexity index is 692. The van der Waals surface area contributed by atoms with E-state index in [0.29, 0.717) is 21.5 Å². The summed E-state index contributed by atoms with van der Waals surface area (Å²) in [5, 5.41) is 7.06. The molecule has 0 unspecified atom stereocenters. The molecule has 0 saturated heterocycles. The lowest BCUT2D eigenvalue weighted by molar-refractivity contribution is -0.115. The molecule has 0 aromatic heterocycles. The van der Waals surface area contributed by atoms with E-state index in [1.807, 2.05) is 31.2 Å². The van der Waals surface area contributed by atoms with Crippen LogP contribution in [-0.4, -0.2) is 19.6 Å². The minimum atomic E-state index is -0.153. The van der Waals surface area contributed by atoms with Crippen molar-refractivity contribution in [1.29, 1.82) is 0 Å². The normalized spacial score (nSPS) is 11.8. The summed E-state index contributed by atoms with van der Waals surface area (Å²) in [5.74, 6) is 0.414. The van der Waals surface area contributed by atoms with Gasteiger partial charge >= 0.3 is 0 Å². The summed E-state index contributed by atoms with van der Waals surface area (Å²) < 4.78 is 5.07. The second-order valence-corrected chi connectivity index (χ2v) is 5.90. The quantitative estimate of drug-likeness (QED) is 0.815. The second kappa shape index (κ2) is 8.20. The number of ether oxygens (including phenoxy) is 1. The number of hydrogen-bond acceptors (Lipinski definition) is 3. The number of hydrogen-bond donors (Lipinski definition) is 2. The molecule has 0 spiro atoms. The number of methoxy groups -OCH3 is 1. The highest BCUT2D eigenvalue weighted by atomic mass is 35.5. The van der Waals surface area contributed by atoms with E-state index < -0.39 is 0 Å². The minimum Gasteiger partial charge on any atom is -0.495 e. The average Bonchev–Trinajstić information content (AvgIpc) is 2.53. The number of benzene rings is 2. The molecule has 122 valence electrons. The molecule has 23 heavy (non-hydrogen) atoms. The van der Waals surface area contributed by atoms with Gasteiger partial charge in [0.25, 0.3) is 0 Å². The number of halogens is 2. The molecule has 2 rings (SSSR count). The smallest absolute Gasteiger partial charge is 0.238 e. The summed E-state index contributed by atoms with van der Waals surface area (Å²) in [6.07, 6.45) is 0. The average molecular weight is 353 g/mol. The molecule has 0 aliphatic heterocycles. The zero-order valence-corrected chi connectivity index (χ0v) is 14.4. The molecule has 0 aliphatic carbocycles. The van der Waals surface area contributed by atoms with Crippen molar-refractivity contribution in [3.05, 3.63) is 58.1 Å². The predicted molar refractivity (Wildman–Crippen MR) is 94.5 cm³/mol. The van der Waals surface area contributed by atoms with Crippen LogP contribution in [0.3, 0.4) is 0 Å². The Hall–Kier alpha value is -1.75. The monoisotopic (exact) mass is 352 g/mol. The van der Waals surface area contributed by atoms with Gasteiger partial charge in [0.15, 0.2) is 0 Å². The van der Waals surface area contributed by atoms with Crippen molar-refractivity contribution in [1.82, 2.24) is 5.32 Å². The Morgan fingerprint density at radius 2 is 2.00 bits per heavy atom. The standard InChI is InChI=1S/C17H18Cl2N2O2/c1-11(12-4-3-5-13(18)8-12)20-10-17(22)21-14-6-7-16(23-2)15(19)9-14/h3-9,11,20H,10H2,1-2H3,(H,21,22)/t11-/m0/s1. The van der Waals surface area contributed by atoms with Crippen LogP contribution in [0.5, 0.6) is 5.75 Å². The maximum absolute atomic E-state index is 12.0. The van der Waals surface area contributed by atoms with E-state index in [1.165, 1.54) is 0 Å². The van der Waals surface area contributed by atoms with E-state index in [0.717, 1.165) is 5.56 Å². The van der Waals surface area contributed by atoms with Crippen molar-refractivity contribution in [3.63, 3.8) is 0 Å². The summed E-state index contributed by atoms with van der Waals surface area (Å²) in [6.45, 7) is 2.15. The maximum atomic E-state index is 12.0. The zero-order valence-electron chi connectivity index (χ0n) is 12.9. The van der Waals surface area contributed by atoms with Crippen molar-refractivity contribution < 1.29 is 9.53 Å². The lowest BCUT2D eigenvalue weighted by atomic mass is 10.1. The lowest BCUT2D eigenvalue weighted by Crippen LogP contribution is -2.30. The van der Waals surface area contributed by atoms with Gasteiger partial charge in [-0.25, -0.2) is 0 Å². The Morgan fingerprint density at radius 1 is 1.22 bits per heavy atom. The summed E-state index contributed by atoms with van der Waals surface area (Å²) in [4.78, 5) is 12.0. The molecule has 4 nitrogen and oxygen atoms in total. The number of carbonyl (C=O) groups is 1.